The quantitative estimate of drug-likeness (QED) is 0.681. The summed E-state index contributed by atoms with van der Waals surface area (Å²) in [6, 6.07) is 6.27. The van der Waals surface area contributed by atoms with E-state index in [9.17, 15) is 20.6 Å². The van der Waals surface area contributed by atoms with E-state index in [0.29, 0.717) is 31.4 Å². The fourth-order valence-electron chi connectivity index (χ4n) is 3.81. The number of fused-ring (bicyclic) bond motifs is 1. The first-order chi connectivity index (χ1) is 9.47. The van der Waals surface area contributed by atoms with Crippen LogP contribution in [0.4, 0.5) is 0 Å². The number of cyclic esters (lactones) is 1. The molecule has 1 saturated carbocycles. The molecule has 0 amide bonds. The van der Waals surface area contributed by atoms with E-state index in [1.807, 2.05) is 6.92 Å². The molecule has 102 valence electrons. The lowest BCUT2D eigenvalue weighted by Crippen LogP contribution is -2.59. The van der Waals surface area contributed by atoms with Crippen LogP contribution in [0.5, 0.6) is 0 Å². The first-order valence-corrected chi connectivity index (χ1v) is 6.63. The lowest BCUT2D eigenvalue weighted by molar-refractivity contribution is -0.165. The van der Waals surface area contributed by atoms with Crippen molar-refractivity contribution in [2.45, 2.75) is 39.5 Å². The Morgan fingerprint density at radius 2 is 1.90 bits per heavy atom. The van der Waals surface area contributed by atoms with Crippen molar-refractivity contribution in [3.8, 4) is 18.2 Å². The molecule has 0 spiro atoms. The first-order valence-electron chi connectivity index (χ1n) is 6.63. The monoisotopic (exact) mass is 269 g/mol. The van der Waals surface area contributed by atoms with Crippen molar-refractivity contribution in [3.05, 3.63) is 11.8 Å². The third kappa shape index (κ3) is 1.32. The topological polar surface area (TPSA) is 97.7 Å². The van der Waals surface area contributed by atoms with Gasteiger partial charge in [0.15, 0.2) is 10.8 Å². The molecular formula is C15H15N3O2. The molecule has 20 heavy (non-hydrogen) atoms. The van der Waals surface area contributed by atoms with Crippen molar-refractivity contribution >= 4 is 5.97 Å². The van der Waals surface area contributed by atoms with Gasteiger partial charge in [-0.2, -0.15) is 15.8 Å². The standard InChI is InChI=1S/C15H15N3O2/c1-3-15-7-11(2)20-12(19)14(15,10-18)6-4-5-13(15,8-16)9-17/h7H,3-6H2,1-2H3/t14-,15?/m0/s1. The van der Waals surface area contributed by atoms with E-state index in [1.54, 1.807) is 13.0 Å². The summed E-state index contributed by atoms with van der Waals surface area (Å²) in [7, 11) is 0. The van der Waals surface area contributed by atoms with Gasteiger partial charge in [-0.15, -0.1) is 0 Å². The van der Waals surface area contributed by atoms with Crippen LogP contribution in [0.3, 0.4) is 0 Å². The number of hydrogen-bond donors (Lipinski definition) is 0. The number of carbonyl (C=O) groups excluding carboxylic acids is 1. The van der Waals surface area contributed by atoms with Gasteiger partial charge >= 0.3 is 5.97 Å². The maximum atomic E-state index is 12.4. The van der Waals surface area contributed by atoms with Gasteiger partial charge in [-0.1, -0.05) is 6.92 Å². The number of nitriles is 3. The van der Waals surface area contributed by atoms with Crippen LogP contribution in [0.15, 0.2) is 11.8 Å². The number of esters is 1. The Hall–Kier alpha value is -2.32. The molecule has 1 fully saturated rings. The van der Waals surface area contributed by atoms with E-state index in [4.69, 9.17) is 4.74 Å². The summed E-state index contributed by atoms with van der Waals surface area (Å²) in [6.45, 7) is 3.42. The molecule has 0 aromatic heterocycles. The smallest absolute Gasteiger partial charge is 0.332 e. The summed E-state index contributed by atoms with van der Waals surface area (Å²) < 4.78 is 5.14. The van der Waals surface area contributed by atoms with Gasteiger partial charge in [0.25, 0.3) is 0 Å². The average molecular weight is 269 g/mol. The summed E-state index contributed by atoms with van der Waals surface area (Å²) >= 11 is 0. The minimum absolute atomic E-state index is 0.324. The molecule has 0 aromatic carbocycles. The second-order valence-corrected chi connectivity index (χ2v) is 5.47. The predicted molar refractivity (Wildman–Crippen MR) is 68.1 cm³/mol. The molecule has 1 unspecified atom stereocenters. The van der Waals surface area contributed by atoms with Gasteiger partial charge in [-0.25, -0.2) is 4.79 Å². The summed E-state index contributed by atoms with van der Waals surface area (Å²) in [5, 5.41) is 28.8. The van der Waals surface area contributed by atoms with Crippen LogP contribution in [-0.4, -0.2) is 5.97 Å². The highest BCUT2D eigenvalue weighted by Crippen LogP contribution is 2.64. The van der Waals surface area contributed by atoms with E-state index in [2.05, 4.69) is 18.2 Å². The number of allylic oxidation sites excluding steroid dienone is 2. The molecule has 2 rings (SSSR count). The van der Waals surface area contributed by atoms with Gasteiger partial charge in [-0.05, 0) is 38.7 Å². The summed E-state index contributed by atoms with van der Waals surface area (Å²) in [5.41, 5.74) is -3.91. The molecule has 0 N–H and O–H groups in total. The number of rotatable bonds is 1. The minimum atomic E-state index is -1.44. The van der Waals surface area contributed by atoms with Crippen molar-refractivity contribution in [1.82, 2.24) is 0 Å². The van der Waals surface area contributed by atoms with Crippen molar-refractivity contribution in [2.24, 2.45) is 16.2 Å². The first kappa shape index (κ1) is 14.1. The van der Waals surface area contributed by atoms with Gasteiger partial charge < -0.3 is 4.74 Å². The van der Waals surface area contributed by atoms with Crippen molar-refractivity contribution in [1.29, 1.82) is 15.8 Å². The SMILES string of the molecule is CCC12C=C(C)OC(=O)[C@@]1(C#N)CCCC2(C#N)C#N. The highest BCUT2D eigenvalue weighted by molar-refractivity contribution is 5.84. The molecule has 0 saturated heterocycles. The van der Waals surface area contributed by atoms with Crippen LogP contribution in [0.25, 0.3) is 0 Å². The molecule has 0 aromatic rings. The molecule has 5 heteroatoms. The van der Waals surface area contributed by atoms with Gasteiger partial charge in [0.2, 0.25) is 0 Å². The summed E-state index contributed by atoms with van der Waals surface area (Å²) in [6.07, 6.45) is 3.20. The average Bonchev–Trinajstić information content (AvgIpc) is 2.46. The maximum absolute atomic E-state index is 12.4. The Morgan fingerprint density at radius 3 is 2.40 bits per heavy atom. The second-order valence-electron chi connectivity index (χ2n) is 5.47. The van der Waals surface area contributed by atoms with Crippen LogP contribution in [0.1, 0.15) is 39.5 Å². The van der Waals surface area contributed by atoms with Crippen LogP contribution >= 0.6 is 0 Å². The molecular weight excluding hydrogens is 254 g/mol. The molecule has 0 radical (unpaired) electrons. The van der Waals surface area contributed by atoms with Crippen molar-refractivity contribution in [2.75, 3.05) is 0 Å². The Bertz CT molecular complexity index is 603. The lowest BCUT2D eigenvalue weighted by atomic mass is 9.44. The molecule has 2 atom stereocenters. The Kier molecular flexibility index (Phi) is 3.07. The minimum Gasteiger partial charge on any atom is -0.430 e. The molecule has 1 aliphatic heterocycles. The zero-order valence-electron chi connectivity index (χ0n) is 11.6. The fourth-order valence-corrected chi connectivity index (χ4v) is 3.81. The second kappa shape index (κ2) is 4.36. The zero-order chi connectivity index (χ0) is 15.0. The normalized spacial score (nSPS) is 34.5. The Morgan fingerprint density at radius 1 is 1.25 bits per heavy atom. The lowest BCUT2D eigenvalue weighted by Gasteiger charge is -2.54. The van der Waals surface area contributed by atoms with Gasteiger partial charge in [0.05, 0.1) is 23.6 Å². The molecule has 2 aliphatic rings. The fraction of sp³-hybridized carbons (Fsp3) is 0.600. The van der Waals surface area contributed by atoms with E-state index in [0.717, 1.165) is 0 Å². The summed E-state index contributed by atoms with van der Waals surface area (Å²) in [5.74, 6) is -0.268. The van der Waals surface area contributed by atoms with Gasteiger partial charge in [0, 0.05) is 0 Å². The number of carbonyl (C=O) groups is 1. The van der Waals surface area contributed by atoms with Crippen LogP contribution in [0.2, 0.25) is 0 Å². The maximum Gasteiger partial charge on any atom is 0.332 e. The van der Waals surface area contributed by atoms with E-state index in [1.165, 1.54) is 0 Å². The van der Waals surface area contributed by atoms with Gasteiger partial charge in [-0.3, -0.25) is 0 Å². The third-order valence-corrected chi connectivity index (χ3v) is 4.81. The van der Waals surface area contributed by atoms with E-state index >= 15 is 0 Å². The molecule has 0 bridgehead atoms. The van der Waals surface area contributed by atoms with E-state index in [-0.39, 0.29) is 0 Å². The molecule has 5 nitrogen and oxygen atoms in total. The Labute approximate surface area is 118 Å². The highest BCUT2D eigenvalue weighted by atomic mass is 16.5. The number of ether oxygens (including phenoxy) is 1. The number of nitrogens with zero attached hydrogens (tertiary/aromatic N) is 3. The van der Waals surface area contributed by atoms with Crippen LogP contribution in [-0.2, 0) is 9.53 Å². The molecule has 1 aliphatic carbocycles. The number of hydrogen-bond acceptors (Lipinski definition) is 5. The molecule has 1 heterocycles. The summed E-state index contributed by atoms with van der Waals surface area (Å²) in [4.78, 5) is 12.4. The Balaban J connectivity index is 2.86. The highest BCUT2D eigenvalue weighted by Gasteiger charge is 2.70. The van der Waals surface area contributed by atoms with Crippen LogP contribution in [0, 0.1) is 50.2 Å². The van der Waals surface area contributed by atoms with Gasteiger partial charge in [0.1, 0.15) is 5.76 Å². The largest absolute Gasteiger partial charge is 0.430 e. The van der Waals surface area contributed by atoms with Crippen molar-refractivity contribution in [3.63, 3.8) is 0 Å². The zero-order valence-corrected chi connectivity index (χ0v) is 11.6. The van der Waals surface area contributed by atoms with Crippen molar-refractivity contribution < 1.29 is 9.53 Å². The van der Waals surface area contributed by atoms with Crippen LogP contribution < -0.4 is 0 Å². The predicted octanol–water partition coefficient (Wildman–Crippen LogP) is 2.57. The third-order valence-electron chi connectivity index (χ3n) is 4.81. The van der Waals surface area contributed by atoms with E-state index < -0.39 is 22.2 Å².